The van der Waals surface area contributed by atoms with E-state index in [0.717, 1.165) is 0 Å². The highest BCUT2D eigenvalue weighted by molar-refractivity contribution is 7.99. The third-order valence-electron chi connectivity index (χ3n) is 6.93. The molecular formula is C34H58O14S2. The highest BCUT2D eigenvalue weighted by Crippen LogP contribution is 2.16. The summed E-state index contributed by atoms with van der Waals surface area (Å²) < 4.78 is 31.1. The molecule has 14 nitrogen and oxygen atoms in total. The lowest BCUT2D eigenvalue weighted by molar-refractivity contribution is -0.152. The van der Waals surface area contributed by atoms with Gasteiger partial charge in [-0.25, -0.2) is 0 Å². The number of rotatable bonds is 29. The second-order valence-electron chi connectivity index (χ2n) is 11.8. The van der Waals surface area contributed by atoms with Crippen LogP contribution in [0.15, 0.2) is 0 Å². The molecule has 0 aromatic carbocycles. The molecule has 0 radical (unpaired) electrons. The van der Waals surface area contributed by atoms with Crippen LogP contribution in [-0.2, 0) is 57.2 Å². The van der Waals surface area contributed by atoms with Gasteiger partial charge in [0.05, 0.1) is 37.9 Å². The van der Waals surface area contributed by atoms with Crippen LogP contribution in [0, 0.1) is 0 Å². The summed E-state index contributed by atoms with van der Waals surface area (Å²) in [5, 5.41) is 20.4. The third kappa shape index (κ3) is 28.2. The summed E-state index contributed by atoms with van der Waals surface area (Å²) in [6.07, 6.45) is -0.687. The summed E-state index contributed by atoms with van der Waals surface area (Å²) in [7, 11) is 0. The van der Waals surface area contributed by atoms with E-state index < -0.39 is 72.4 Å². The molecule has 290 valence electrons. The Morgan fingerprint density at radius 2 is 0.840 bits per heavy atom. The molecule has 0 aliphatic rings. The van der Waals surface area contributed by atoms with Crippen molar-refractivity contribution in [1.29, 1.82) is 0 Å². The first-order valence-electron chi connectivity index (χ1n) is 17.2. The molecule has 0 aliphatic heterocycles. The molecular weight excluding hydrogens is 696 g/mol. The fraction of sp³-hybridized carbons (Fsp3) is 0.824. The van der Waals surface area contributed by atoms with Crippen LogP contribution in [-0.4, -0.2) is 119 Å². The zero-order valence-electron chi connectivity index (χ0n) is 30.4. The summed E-state index contributed by atoms with van der Waals surface area (Å²) in [6.45, 7) is 9.55. The summed E-state index contributed by atoms with van der Waals surface area (Å²) in [5.74, 6) is -0.731. The number of carbonyl (C=O) groups excluding carboxylic acids is 6. The van der Waals surface area contributed by atoms with E-state index in [4.69, 9.17) is 28.4 Å². The lowest BCUT2D eigenvalue weighted by atomic mass is 10.0. The number of aliphatic hydroxyl groups excluding tert-OH is 2. The van der Waals surface area contributed by atoms with Crippen LogP contribution in [0.1, 0.15) is 106 Å². The number of thioether (sulfide) groups is 2. The molecule has 0 fully saturated rings. The minimum Gasteiger partial charge on any atom is -0.463 e. The summed E-state index contributed by atoms with van der Waals surface area (Å²) in [5.41, 5.74) is 0. The molecule has 50 heavy (non-hydrogen) atoms. The quantitative estimate of drug-likeness (QED) is 0.0632. The smallest absolute Gasteiger partial charge is 0.306 e. The van der Waals surface area contributed by atoms with Gasteiger partial charge in [-0.05, 0) is 26.7 Å². The van der Waals surface area contributed by atoms with Crippen LogP contribution in [0.3, 0.4) is 0 Å². The van der Waals surface area contributed by atoms with Gasteiger partial charge < -0.3 is 38.6 Å². The monoisotopic (exact) mass is 754 g/mol. The van der Waals surface area contributed by atoms with E-state index >= 15 is 0 Å². The molecule has 0 aromatic heterocycles. The number of esters is 6. The molecule has 0 saturated heterocycles. The summed E-state index contributed by atoms with van der Waals surface area (Å²) in [6, 6.07) is 0. The zero-order valence-corrected chi connectivity index (χ0v) is 32.0. The van der Waals surface area contributed by atoms with Crippen LogP contribution in [0.4, 0.5) is 0 Å². The molecule has 2 N–H and O–H groups in total. The Labute approximate surface area is 304 Å². The molecule has 0 aromatic rings. The zero-order chi connectivity index (χ0) is 37.9. The number of hydrogen-bond donors (Lipinski definition) is 2. The first-order valence-corrected chi connectivity index (χ1v) is 19.5. The second kappa shape index (κ2) is 29.1. The first-order chi connectivity index (χ1) is 23.6. The van der Waals surface area contributed by atoms with Crippen molar-refractivity contribution in [2.45, 2.75) is 142 Å². The topological polar surface area (TPSA) is 198 Å². The van der Waals surface area contributed by atoms with Crippen molar-refractivity contribution >= 4 is 59.3 Å². The largest absolute Gasteiger partial charge is 0.463 e. The van der Waals surface area contributed by atoms with Gasteiger partial charge in [0.1, 0.15) is 37.6 Å². The Morgan fingerprint density at radius 3 is 1.14 bits per heavy atom. The molecule has 0 bridgehead atoms. The average molecular weight is 755 g/mol. The Kier molecular flexibility index (Phi) is 27.6. The van der Waals surface area contributed by atoms with E-state index in [-0.39, 0.29) is 64.6 Å². The Hall–Kier alpha value is -2.56. The Morgan fingerprint density at radius 1 is 0.520 bits per heavy atom. The standard InChI is InChI=1S/C34H58O14S2/c1-7-29(21-27(37)19-23(3)45-25(5)35)47-33(41)11-17-49-15-9-31(39)43-13-14-44-32(40)10-16-50-18-12-34(42)48-30(8-2)22-28(38)20-24(4)46-26(6)36/h23-24,27-30,37-38H,7-22H2,1-6H3. The average Bonchev–Trinajstić information content (AvgIpc) is 3.00. The molecule has 6 atom stereocenters. The first kappa shape index (κ1) is 47.4. The van der Waals surface area contributed by atoms with Crippen molar-refractivity contribution in [3.05, 3.63) is 0 Å². The molecule has 16 heteroatoms. The van der Waals surface area contributed by atoms with Crippen molar-refractivity contribution in [3.8, 4) is 0 Å². The van der Waals surface area contributed by atoms with E-state index in [0.29, 0.717) is 35.9 Å². The van der Waals surface area contributed by atoms with E-state index in [1.807, 2.05) is 13.8 Å². The van der Waals surface area contributed by atoms with Gasteiger partial charge in [0.15, 0.2) is 0 Å². The highest BCUT2D eigenvalue weighted by Gasteiger charge is 2.21. The molecule has 6 unspecified atom stereocenters. The van der Waals surface area contributed by atoms with Crippen molar-refractivity contribution in [3.63, 3.8) is 0 Å². The molecule has 0 saturated carbocycles. The molecule has 0 heterocycles. The number of ether oxygens (including phenoxy) is 6. The van der Waals surface area contributed by atoms with Crippen molar-refractivity contribution in [2.75, 3.05) is 36.2 Å². The maximum atomic E-state index is 12.2. The van der Waals surface area contributed by atoms with Gasteiger partial charge >= 0.3 is 35.8 Å². The van der Waals surface area contributed by atoms with E-state index in [2.05, 4.69) is 0 Å². The predicted octanol–water partition coefficient (Wildman–Crippen LogP) is 3.93. The second-order valence-corrected chi connectivity index (χ2v) is 14.2. The fourth-order valence-corrected chi connectivity index (χ4v) is 6.25. The van der Waals surface area contributed by atoms with Crippen LogP contribution in [0.25, 0.3) is 0 Å². The van der Waals surface area contributed by atoms with Gasteiger partial charge in [0.2, 0.25) is 0 Å². The van der Waals surface area contributed by atoms with E-state index in [1.54, 1.807) is 13.8 Å². The highest BCUT2D eigenvalue weighted by atomic mass is 32.2. The van der Waals surface area contributed by atoms with Gasteiger partial charge in [-0.2, -0.15) is 23.5 Å². The molecule has 0 spiro atoms. The predicted molar refractivity (Wildman–Crippen MR) is 188 cm³/mol. The molecule has 0 aliphatic carbocycles. The fourth-order valence-electron chi connectivity index (χ4n) is 4.60. The lowest BCUT2D eigenvalue weighted by Gasteiger charge is -2.21. The van der Waals surface area contributed by atoms with Crippen molar-refractivity contribution in [2.24, 2.45) is 0 Å². The minimum absolute atomic E-state index is 0.0690. The van der Waals surface area contributed by atoms with Gasteiger partial charge in [-0.15, -0.1) is 0 Å². The number of hydrogen-bond acceptors (Lipinski definition) is 16. The van der Waals surface area contributed by atoms with Crippen LogP contribution < -0.4 is 0 Å². The minimum atomic E-state index is -0.773. The SMILES string of the molecule is CCC(CC(O)CC(C)OC(C)=O)OC(=O)CCSCCC(=O)OCCOC(=O)CCSCCC(=O)OC(CC)CC(O)CC(C)OC(C)=O. The van der Waals surface area contributed by atoms with Crippen LogP contribution in [0.5, 0.6) is 0 Å². The number of aliphatic hydroxyl groups is 2. The third-order valence-corrected chi connectivity index (χ3v) is 8.90. The van der Waals surface area contributed by atoms with Crippen molar-refractivity contribution < 1.29 is 67.4 Å². The summed E-state index contributed by atoms with van der Waals surface area (Å²) >= 11 is 2.80. The normalized spacial score (nSPS) is 14.6. The van der Waals surface area contributed by atoms with Gasteiger partial charge in [-0.3, -0.25) is 28.8 Å². The molecule has 0 amide bonds. The Bertz CT molecular complexity index is 932. The summed E-state index contributed by atoms with van der Waals surface area (Å²) in [4.78, 5) is 70.2. The Balaban J connectivity index is 3.92. The molecule has 0 rings (SSSR count). The lowest BCUT2D eigenvalue weighted by Crippen LogP contribution is -2.27. The maximum Gasteiger partial charge on any atom is 0.306 e. The van der Waals surface area contributed by atoms with Crippen LogP contribution >= 0.6 is 23.5 Å². The van der Waals surface area contributed by atoms with Gasteiger partial charge in [0, 0.05) is 62.5 Å². The maximum absolute atomic E-state index is 12.2. The van der Waals surface area contributed by atoms with Crippen LogP contribution in [0.2, 0.25) is 0 Å². The van der Waals surface area contributed by atoms with Crippen molar-refractivity contribution in [1.82, 2.24) is 0 Å². The van der Waals surface area contributed by atoms with E-state index in [9.17, 15) is 39.0 Å². The number of carbonyl (C=O) groups is 6. The van der Waals surface area contributed by atoms with E-state index in [1.165, 1.54) is 37.4 Å². The van der Waals surface area contributed by atoms with Gasteiger partial charge in [-0.1, -0.05) is 13.8 Å². The van der Waals surface area contributed by atoms with Gasteiger partial charge in [0.25, 0.3) is 0 Å².